The van der Waals surface area contributed by atoms with Gasteiger partial charge in [0.1, 0.15) is 0 Å². The molecule has 1 fully saturated rings. The summed E-state index contributed by atoms with van der Waals surface area (Å²) in [6.45, 7) is 2.30. The molecule has 1 aromatic rings. The number of rotatable bonds is 5. The Bertz CT molecular complexity index is 455. The normalized spacial score (nSPS) is 16.2. The minimum Gasteiger partial charge on any atom is -0.476 e. The molecule has 0 unspecified atom stereocenters. The lowest BCUT2D eigenvalue weighted by molar-refractivity contribution is -0.125. The highest BCUT2D eigenvalue weighted by atomic mass is 32.1. The summed E-state index contributed by atoms with van der Waals surface area (Å²) in [6.07, 6.45) is 2.34. The van der Waals surface area contributed by atoms with Crippen molar-refractivity contribution in [3.63, 3.8) is 0 Å². The van der Waals surface area contributed by atoms with Gasteiger partial charge in [0.25, 0.3) is 0 Å². The second-order valence-electron chi connectivity index (χ2n) is 4.50. The molecule has 1 aliphatic heterocycles. The number of nitrogens with zero attached hydrogens (tertiary/aromatic N) is 1. The number of carbonyl (C=O) groups is 2. The van der Waals surface area contributed by atoms with Crippen molar-refractivity contribution in [1.82, 2.24) is 15.6 Å². The van der Waals surface area contributed by atoms with Gasteiger partial charge < -0.3 is 15.7 Å². The van der Waals surface area contributed by atoms with Crippen LogP contribution in [0.25, 0.3) is 0 Å². The molecule has 0 atom stereocenters. The number of aromatic nitrogens is 1. The minimum absolute atomic E-state index is 0.0738. The van der Waals surface area contributed by atoms with E-state index in [0.29, 0.717) is 13.0 Å². The molecule has 1 aliphatic rings. The Hall–Kier alpha value is -1.47. The highest BCUT2D eigenvalue weighted by Crippen LogP contribution is 2.12. The third-order valence-corrected chi connectivity index (χ3v) is 4.03. The Kier molecular flexibility index (Phi) is 4.86. The Morgan fingerprint density at radius 2 is 2.21 bits per heavy atom. The number of nitrogens with one attached hydrogen (secondary N) is 2. The quantitative estimate of drug-likeness (QED) is 0.732. The highest BCUT2D eigenvalue weighted by molar-refractivity contribution is 7.09. The van der Waals surface area contributed by atoms with E-state index >= 15 is 0 Å². The van der Waals surface area contributed by atoms with E-state index in [-0.39, 0.29) is 17.5 Å². The van der Waals surface area contributed by atoms with Gasteiger partial charge in [-0.2, -0.15) is 0 Å². The monoisotopic (exact) mass is 283 g/mol. The Morgan fingerprint density at radius 3 is 2.84 bits per heavy atom. The van der Waals surface area contributed by atoms with Gasteiger partial charge in [0.2, 0.25) is 5.91 Å². The van der Waals surface area contributed by atoms with E-state index in [1.54, 1.807) is 0 Å². The van der Waals surface area contributed by atoms with E-state index in [0.717, 1.165) is 30.9 Å². The van der Waals surface area contributed by atoms with Crippen molar-refractivity contribution >= 4 is 23.2 Å². The maximum atomic E-state index is 11.9. The molecule has 3 N–H and O–H groups in total. The van der Waals surface area contributed by atoms with Gasteiger partial charge in [-0.1, -0.05) is 0 Å². The van der Waals surface area contributed by atoms with Crippen LogP contribution in [0, 0.1) is 5.92 Å². The molecule has 2 rings (SSSR count). The van der Waals surface area contributed by atoms with Gasteiger partial charge in [-0.25, -0.2) is 9.78 Å². The number of carboxylic acids is 1. The lowest BCUT2D eigenvalue weighted by atomic mass is 9.97. The summed E-state index contributed by atoms with van der Waals surface area (Å²) in [7, 11) is 0. The van der Waals surface area contributed by atoms with Crippen molar-refractivity contribution in [3.05, 3.63) is 16.1 Å². The molecule has 0 radical (unpaired) electrons. The van der Waals surface area contributed by atoms with E-state index < -0.39 is 5.97 Å². The number of carboxylic acid groups (broad SMARTS) is 1. The van der Waals surface area contributed by atoms with Gasteiger partial charge in [0.15, 0.2) is 5.69 Å². The van der Waals surface area contributed by atoms with Crippen LogP contribution in [0.1, 0.15) is 28.3 Å². The van der Waals surface area contributed by atoms with Crippen LogP contribution in [-0.2, 0) is 11.2 Å². The molecule has 2 heterocycles. The first kappa shape index (κ1) is 14.0. The lowest BCUT2D eigenvalue weighted by Crippen LogP contribution is -2.38. The van der Waals surface area contributed by atoms with Crippen LogP contribution in [0.2, 0.25) is 0 Å². The van der Waals surface area contributed by atoms with Crippen molar-refractivity contribution in [2.75, 3.05) is 19.6 Å². The molecule has 7 heteroatoms. The summed E-state index contributed by atoms with van der Waals surface area (Å²) in [5, 5.41) is 17.1. The second kappa shape index (κ2) is 6.63. The number of hydrogen-bond acceptors (Lipinski definition) is 5. The van der Waals surface area contributed by atoms with E-state index in [9.17, 15) is 9.59 Å². The molecule has 6 nitrogen and oxygen atoms in total. The SMILES string of the molecule is O=C(O)c1csc(CCNC(=O)C2CCNCC2)n1. The topological polar surface area (TPSA) is 91.3 Å². The third kappa shape index (κ3) is 4.00. The summed E-state index contributed by atoms with van der Waals surface area (Å²) < 4.78 is 0. The number of hydrogen-bond donors (Lipinski definition) is 3. The molecule has 0 bridgehead atoms. The number of aromatic carboxylic acids is 1. The fourth-order valence-electron chi connectivity index (χ4n) is 2.05. The smallest absolute Gasteiger partial charge is 0.355 e. The van der Waals surface area contributed by atoms with Gasteiger partial charge in [-0.15, -0.1) is 11.3 Å². The molecule has 1 amide bonds. The van der Waals surface area contributed by atoms with Crippen molar-refractivity contribution in [3.8, 4) is 0 Å². The van der Waals surface area contributed by atoms with Crippen LogP contribution in [0.3, 0.4) is 0 Å². The molecular weight excluding hydrogens is 266 g/mol. The lowest BCUT2D eigenvalue weighted by Gasteiger charge is -2.21. The van der Waals surface area contributed by atoms with E-state index in [1.807, 2.05) is 0 Å². The van der Waals surface area contributed by atoms with E-state index in [4.69, 9.17) is 5.11 Å². The summed E-state index contributed by atoms with van der Waals surface area (Å²) in [4.78, 5) is 26.5. The maximum absolute atomic E-state index is 11.9. The Labute approximate surface area is 115 Å². The van der Waals surface area contributed by atoms with E-state index in [2.05, 4.69) is 15.6 Å². The van der Waals surface area contributed by atoms with Crippen LogP contribution in [0.15, 0.2) is 5.38 Å². The largest absolute Gasteiger partial charge is 0.476 e. The van der Waals surface area contributed by atoms with Crippen LogP contribution in [0.4, 0.5) is 0 Å². The average Bonchev–Trinajstić information content (AvgIpc) is 2.89. The zero-order chi connectivity index (χ0) is 13.7. The van der Waals surface area contributed by atoms with Crippen LogP contribution in [-0.4, -0.2) is 41.6 Å². The van der Waals surface area contributed by atoms with Crippen LogP contribution in [0.5, 0.6) is 0 Å². The fraction of sp³-hybridized carbons (Fsp3) is 0.583. The van der Waals surface area contributed by atoms with Gasteiger partial charge in [0.05, 0.1) is 5.01 Å². The van der Waals surface area contributed by atoms with Gasteiger partial charge >= 0.3 is 5.97 Å². The molecule has 1 saturated heterocycles. The van der Waals surface area contributed by atoms with Gasteiger partial charge in [-0.05, 0) is 25.9 Å². The molecule has 19 heavy (non-hydrogen) atoms. The summed E-state index contributed by atoms with van der Waals surface area (Å²) >= 11 is 1.31. The summed E-state index contributed by atoms with van der Waals surface area (Å²) in [6, 6.07) is 0. The first-order valence-corrected chi connectivity index (χ1v) is 7.21. The zero-order valence-electron chi connectivity index (χ0n) is 10.5. The van der Waals surface area contributed by atoms with Crippen molar-refractivity contribution in [2.45, 2.75) is 19.3 Å². The van der Waals surface area contributed by atoms with Crippen LogP contribution >= 0.6 is 11.3 Å². The first-order valence-electron chi connectivity index (χ1n) is 6.33. The van der Waals surface area contributed by atoms with Crippen molar-refractivity contribution in [1.29, 1.82) is 0 Å². The zero-order valence-corrected chi connectivity index (χ0v) is 11.3. The standard InChI is InChI=1S/C12H17N3O3S/c16-11(8-1-4-13-5-2-8)14-6-3-10-15-9(7-19-10)12(17)18/h7-8,13H,1-6H2,(H,14,16)(H,17,18). The van der Waals surface area contributed by atoms with Crippen molar-refractivity contribution < 1.29 is 14.7 Å². The summed E-state index contributed by atoms with van der Waals surface area (Å²) in [5.41, 5.74) is 0.0738. The van der Waals surface area contributed by atoms with Gasteiger partial charge in [0, 0.05) is 24.3 Å². The molecule has 0 spiro atoms. The molecular formula is C12H17N3O3S. The second-order valence-corrected chi connectivity index (χ2v) is 5.44. The minimum atomic E-state index is -1.01. The van der Waals surface area contributed by atoms with Gasteiger partial charge in [-0.3, -0.25) is 4.79 Å². The van der Waals surface area contributed by atoms with E-state index in [1.165, 1.54) is 16.7 Å². The fourth-order valence-corrected chi connectivity index (χ4v) is 2.82. The predicted octanol–water partition coefficient (Wildman–Crippen LogP) is 0.500. The Morgan fingerprint density at radius 1 is 1.47 bits per heavy atom. The molecule has 0 saturated carbocycles. The number of amides is 1. The third-order valence-electron chi connectivity index (χ3n) is 3.12. The predicted molar refractivity (Wildman–Crippen MR) is 71.4 cm³/mol. The number of thiazole rings is 1. The maximum Gasteiger partial charge on any atom is 0.355 e. The molecule has 104 valence electrons. The van der Waals surface area contributed by atoms with Crippen molar-refractivity contribution in [2.24, 2.45) is 5.92 Å². The molecule has 0 aromatic carbocycles. The first-order chi connectivity index (χ1) is 9.16. The molecule has 1 aromatic heterocycles. The molecule has 0 aliphatic carbocycles. The number of piperidine rings is 1. The Balaban J connectivity index is 1.73. The highest BCUT2D eigenvalue weighted by Gasteiger charge is 2.20. The summed E-state index contributed by atoms with van der Waals surface area (Å²) in [5.74, 6) is -0.815. The average molecular weight is 283 g/mol. The number of carbonyl (C=O) groups excluding carboxylic acids is 1. The van der Waals surface area contributed by atoms with Crippen LogP contribution < -0.4 is 10.6 Å².